The predicted octanol–water partition coefficient (Wildman–Crippen LogP) is 3.84. The van der Waals surface area contributed by atoms with Crippen molar-refractivity contribution in [2.24, 2.45) is 0 Å². The number of non-ortho nitro benzene ring substituents is 1. The van der Waals surface area contributed by atoms with Gasteiger partial charge in [-0.3, -0.25) is 14.9 Å². The summed E-state index contributed by atoms with van der Waals surface area (Å²) >= 11 is 1.32. The summed E-state index contributed by atoms with van der Waals surface area (Å²) in [5, 5.41) is 14.9. The minimum absolute atomic E-state index is 0.0464. The van der Waals surface area contributed by atoms with Crippen molar-refractivity contribution in [1.82, 2.24) is 0 Å². The first-order valence-corrected chi connectivity index (χ1v) is 6.97. The number of carbonyl (C=O) groups excluding carboxylic acids is 1. The zero-order valence-corrected chi connectivity index (χ0v) is 11.7. The average molecular weight is 300 g/mol. The van der Waals surface area contributed by atoms with Crippen LogP contribution in [-0.2, 0) is 4.79 Å². The molecular formula is C15H12N2O3S. The van der Waals surface area contributed by atoms with Crippen molar-refractivity contribution in [3.8, 4) is 0 Å². The number of anilines is 1. The molecule has 1 N–H and O–H groups in total. The molecule has 0 heterocycles. The average Bonchev–Trinajstić information content (AvgIpc) is 2.49. The summed E-state index contributed by atoms with van der Waals surface area (Å²) < 4.78 is 0. The van der Waals surface area contributed by atoms with E-state index in [9.17, 15) is 14.9 Å². The fourth-order valence-electron chi connectivity index (χ4n) is 1.53. The predicted molar refractivity (Wildman–Crippen MR) is 83.2 cm³/mol. The third-order valence-electron chi connectivity index (χ3n) is 2.51. The Balaban J connectivity index is 1.87. The molecule has 1 amide bonds. The van der Waals surface area contributed by atoms with Crippen molar-refractivity contribution in [2.75, 3.05) is 5.32 Å². The summed E-state index contributed by atoms with van der Waals surface area (Å²) in [6.45, 7) is 0. The molecular weight excluding hydrogens is 288 g/mol. The molecule has 0 aliphatic carbocycles. The molecule has 106 valence electrons. The van der Waals surface area contributed by atoms with Crippen LogP contribution < -0.4 is 5.32 Å². The number of hydrogen-bond acceptors (Lipinski definition) is 4. The van der Waals surface area contributed by atoms with Crippen molar-refractivity contribution in [2.45, 2.75) is 4.90 Å². The second kappa shape index (κ2) is 7.25. The van der Waals surface area contributed by atoms with Gasteiger partial charge in [0.05, 0.1) is 4.92 Å². The van der Waals surface area contributed by atoms with Crippen LogP contribution in [-0.4, -0.2) is 10.8 Å². The number of nitro groups is 1. The van der Waals surface area contributed by atoms with Crippen LogP contribution in [0.4, 0.5) is 11.4 Å². The lowest BCUT2D eigenvalue weighted by Crippen LogP contribution is -2.07. The number of para-hydroxylation sites is 1. The minimum atomic E-state index is -0.447. The summed E-state index contributed by atoms with van der Waals surface area (Å²) in [7, 11) is 0. The molecule has 0 bridgehead atoms. The minimum Gasteiger partial charge on any atom is -0.322 e. The molecule has 0 fully saturated rings. The molecule has 0 atom stereocenters. The van der Waals surface area contributed by atoms with Gasteiger partial charge in [-0.1, -0.05) is 30.0 Å². The highest BCUT2D eigenvalue weighted by Gasteiger charge is 2.03. The van der Waals surface area contributed by atoms with E-state index in [0.29, 0.717) is 0 Å². The first-order valence-electron chi connectivity index (χ1n) is 6.09. The highest BCUT2D eigenvalue weighted by Crippen LogP contribution is 2.22. The van der Waals surface area contributed by atoms with Gasteiger partial charge >= 0.3 is 0 Å². The SMILES string of the molecule is O=C(/C=C/Sc1ccc([N+](=O)[O-])cc1)Nc1ccccc1. The van der Waals surface area contributed by atoms with Crippen LogP contribution >= 0.6 is 11.8 Å². The van der Waals surface area contributed by atoms with Gasteiger partial charge in [-0.05, 0) is 29.7 Å². The maximum Gasteiger partial charge on any atom is 0.269 e. The highest BCUT2D eigenvalue weighted by molar-refractivity contribution is 8.02. The van der Waals surface area contributed by atoms with E-state index < -0.39 is 4.92 Å². The fourth-order valence-corrected chi connectivity index (χ4v) is 2.17. The molecule has 0 aliphatic heterocycles. The van der Waals surface area contributed by atoms with Gasteiger partial charge in [0.1, 0.15) is 0 Å². The van der Waals surface area contributed by atoms with Gasteiger partial charge in [0.15, 0.2) is 0 Å². The Morgan fingerprint density at radius 3 is 2.38 bits per heavy atom. The number of carbonyl (C=O) groups is 1. The number of hydrogen-bond donors (Lipinski definition) is 1. The Morgan fingerprint density at radius 2 is 1.76 bits per heavy atom. The van der Waals surface area contributed by atoms with Crippen LogP contribution in [0.1, 0.15) is 0 Å². The Morgan fingerprint density at radius 1 is 1.10 bits per heavy atom. The number of rotatable bonds is 5. The number of nitrogens with one attached hydrogen (secondary N) is 1. The Bertz CT molecular complexity index is 654. The molecule has 0 radical (unpaired) electrons. The second-order valence-electron chi connectivity index (χ2n) is 4.03. The van der Waals surface area contributed by atoms with E-state index in [1.807, 2.05) is 18.2 Å². The second-order valence-corrected chi connectivity index (χ2v) is 5.01. The van der Waals surface area contributed by atoms with Crippen molar-refractivity contribution in [1.29, 1.82) is 0 Å². The summed E-state index contributed by atoms with van der Waals surface area (Å²) in [5.41, 5.74) is 0.776. The molecule has 0 saturated carbocycles. The van der Waals surface area contributed by atoms with Crippen molar-refractivity contribution >= 4 is 29.0 Å². The third-order valence-corrected chi connectivity index (χ3v) is 3.33. The van der Waals surface area contributed by atoms with Crippen LogP contribution in [0.5, 0.6) is 0 Å². The molecule has 5 nitrogen and oxygen atoms in total. The Labute approximate surface area is 125 Å². The molecule has 2 aromatic rings. The molecule has 2 aromatic carbocycles. The largest absolute Gasteiger partial charge is 0.322 e. The summed E-state index contributed by atoms with van der Waals surface area (Å²) in [4.78, 5) is 22.5. The molecule has 0 spiro atoms. The van der Waals surface area contributed by atoms with E-state index in [1.165, 1.54) is 30.0 Å². The number of nitrogens with zero attached hydrogens (tertiary/aromatic N) is 1. The zero-order chi connectivity index (χ0) is 15.1. The number of benzene rings is 2. The molecule has 0 unspecified atom stereocenters. The lowest BCUT2D eigenvalue weighted by molar-refractivity contribution is -0.384. The van der Waals surface area contributed by atoms with Crippen LogP contribution in [0.3, 0.4) is 0 Å². The van der Waals surface area contributed by atoms with Gasteiger partial charge < -0.3 is 5.32 Å². The Kier molecular flexibility index (Phi) is 5.11. The van der Waals surface area contributed by atoms with Crippen LogP contribution in [0.25, 0.3) is 0 Å². The van der Waals surface area contributed by atoms with Crippen molar-refractivity contribution < 1.29 is 9.72 Å². The van der Waals surface area contributed by atoms with E-state index in [1.54, 1.807) is 29.7 Å². The molecule has 0 aliphatic rings. The smallest absolute Gasteiger partial charge is 0.269 e. The van der Waals surface area contributed by atoms with Gasteiger partial charge in [-0.2, -0.15) is 0 Å². The van der Waals surface area contributed by atoms with E-state index in [0.717, 1.165) is 10.6 Å². The monoisotopic (exact) mass is 300 g/mol. The molecule has 6 heteroatoms. The van der Waals surface area contributed by atoms with E-state index in [2.05, 4.69) is 5.32 Å². The standard InChI is InChI=1S/C15H12N2O3S/c18-15(16-12-4-2-1-3-5-12)10-11-21-14-8-6-13(7-9-14)17(19)20/h1-11H,(H,16,18)/b11-10+. The Hall–Kier alpha value is -2.60. The molecule has 2 rings (SSSR count). The van der Waals surface area contributed by atoms with Gasteiger partial charge in [-0.15, -0.1) is 0 Å². The fraction of sp³-hybridized carbons (Fsp3) is 0. The molecule has 21 heavy (non-hydrogen) atoms. The first kappa shape index (κ1) is 14.8. The lowest BCUT2D eigenvalue weighted by atomic mass is 10.3. The van der Waals surface area contributed by atoms with Crippen molar-refractivity contribution in [3.05, 3.63) is 76.2 Å². The molecule has 0 aromatic heterocycles. The number of amides is 1. The lowest BCUT2D eigenvalue weighted by Gasteiger charge is -2.00. The van der Waals surface area contributed by atoms with Gasteiger partial charge in [-0.25, -0.2) is 0 Å². The zero-order valence-electron chi connectivity index (χ0n) is 10.9. The van der Waals surface area contributed by atoms with Crippen LogP contribution in [0.2, 0.25) is 0 Å². The third kappa shape index (κ3) is 4.77. The van der Waals surface area contributed by atoms with Gasteiger partial charge in [0.2, 0.25) is 5.91 Å². The maximum absolute atomic E-state index is 11.6. The summed E-state index contributed by atoms with van der Waals surface area (Å²) in [6.07, 6.45) is 1.42. The number of thioether (sulfide) groups is 1. The van der Waals surface area contributed by atoms with Gasteiger partial charge in [0.25, 0.3) is 5.69 Å². The summed E-state index contributed by atoms with van der Waals surface area (Å²) in [6, 6.07) is 15.3. The van der Waals surface area contributed by atoms with Gasteiger partial charge in [0, 0.05) is 28.8 Å². The molecule has 0 saturated heterocycles. The maximum atomic E-state index is 11.6. The topological polar surface area (TPSA) is 72.2 Å². The quantitative estimate of drug-likeness (QED) is 0.394. The highest BCUT2D eigenvalue weighted by atomic mass is 32.2. The van der Waals surface area contributed by atoms with Crippen LogP contribution in [0, 0.1) is 10.1 Å². The van der Waals surface area contributed by atoms with E-state index in [4.69, 9.17) is 0 Å². The van der Waals surface area contributed by atoms with E-state index >= 15 is 0 Å². The number of nitro benzene ring substituents is 1. The summed E-state index contributed by atoms with van der Waals surface area (Å²) in [5.74, 6) is -0.226. The van der Waals surface area contributed by atoms with E-state index in [-0.39, 0.29) is 11.6 Å². The normalized spacial score (nSPS) is 10.5. The van der Waals surface area contributed by atoms with Crippen molar-refractivity contribution in [3.63, 3.8) is 0 Å². The van der Waals surface area contributed by atoms with Crippen LogP contribution in [0.15, 0.2) is 71.0 Å². The first-order chi connectivity index (χ1) is 10.1.